The van der Waals surface area contributed by atoms with Gasteiger partial charge in [-0.25, -0.2) is 14.4 Å². The predicted octanol–water partition coefficient (Wildman–Crippen LogP) is 3.52. The van der Waals surface area contributed by atoms with Crippen LogP contribution in [-0.4, -0.2) is 88.3 Å². The van der Waals surface area contributed by atoms with Crippen LogP contribution < -0.4 is 0 Å². The number of aliphatic imine (C=N–C) groups is 1. The molecule has 0 aromatic heterocycles. The number of methoxy groups -OCH3 is 2. The summed E-state index contributed by atoms with van der Waals surface area (Å²) in [5, 5.41) is 7.74. The number of fused-ring (bicyclic) bond motifs is 3. The highest BCUT2D eigenvalue weighted by molar-refractivity contribution is 8.13. The number of benzene rings is 2. The summed E-state index contributed by atoms with van der Waals surface area (Å²) in [7, 11) is 2.65. The van der Waals surface area contributed by atoms with Crippen LogP contribution >= 0.6 is 11.8 Å². The zero-order valence-corrected chi connectivity index (χ0v) is 25.3. The van der Waals surface area contributed by atoms with Gasteiger partial charge in [0.1, 0.15) is 0 Å². The van der Waals surface area contributed by atoms with Crippen molar-refractivity contribution in [3.05, 3.63) is 71.3 Å². The van der Waals surface area contributed by atoms with Crippen molar-refractivity contribution in [2.45, 2.75) is 43.4 Å². The Bertz CT molecular complexity index is 1500. The Balaban J connectivity index is 0.000000591. The summed E-state index contributed by atoms with van der Waals surface area (Å²) in [5.74, 6) is -5.28. The number of imide groups is 1. The molecule has 1 N–H and O–H groups in total. The van der Waals surface area contributed by atoms with Gasteiger partial charge in [-0.15, -0.1) is 0 Å². The van der Waals surface area contributed by atoms with Crippen LogP contribution in [0.5, 0.6) is 0 Å². The maximum absolute atomic E-state index is 13.8. The van der Waals surface area contributed by atoms with Crippen LogP contribution in [0.15, 0.2) is 59.6 Å². The monoisotopic (exact) mass is 649 g/mol. The second-order valence-electron chi connectivity index (χ2n) is 10.4. The molecule has 0 bridgehead atoms. The topological polar surface area (TPSA) is 143 Å². The van der Waals surface area contributed by atoms with Crippen LogP contribution in [0.4, 0.5) is 13.2 Å². The number of hydrogen-bond donors (Lipinski definition) is 1. The van der Waals surface area contributed by atoms with E-state index in [1.165, 1.54) is 30.9 Å². The molecule has 3 aliphatic heterocycles. The molecule has 2 aromatic carbocycles. The van der Waals surface area contributed by atoms with Crippen molar-refractivity contribution in [3.8, 4) is 0 Å². The number of carbonyl (C=O) groups excluding carboxylic acids is 4. The van der Waals surface area contributed by atoms with E-state index in [0.717, 1.165) is 11.1 Å². The van der Waals surface area contributed by atoms with Gasteiger partial charge in [-0.1, -0.05) is 61.2 Å². The number of likely N-dealkylation sites (tertiary alicyclic amines) is 1. The molecule has 0 unspecified atom stereocenters. The van der Waals surface area contributed by atoms with Crippen molar-refractivity contribution in [1.29, 1.82) is 0 Å². The molecule has 15 heteroatoms. The van der Waals surface area contributed by atoms with Crippen LogP contribution in [0.1, 0.15) is 34.8 Å². The molecule has 4 atom stereocenters. The number of esters is 2. The van der Waals surface area contributed by atoms with Gasteiger partial charge in [0.05, 0.1) is 50.8 Å². The second kappa shape index (κ2) is 13.3. The number of rotatable bonds is 7. The van der Waals surface area contributed by atoms with Crippen LogP contribution in [-0.2, 0) is 40.9 Å². The quantitative estimate of drug-likeness (QED) is 0.350. The first-order valence-electron chi connectivity index (χ1n) is 13.7. The number of alkyl halides is 3. The molecule has 2 fully saturated rings. The van der Waals surface area contributed by atoms with E-state index < -0.39 is 47.5 Å². The number of carboxylic acids is 1. The average Bonchev–Trinajstić information content (AvgIpc) is 3.65. The summed E-state index contributed by atoms with van der Waals surface area (Å²) in [6, 6.07) is 16.0. The number of aliphatic carboxylic acids is 1. The summed E-state index contributed by atoms with van der Waals surface area (Å²) >= 11 is 1.44. The van der Waals surface area contributed by atoms with Gasteiger partial charge in [0.25, 0.3) is 0 Å². The molecular weight excluding hydrogens is 619 g/mol. The normalized spacial score (nSPS) is 23.5. The molecule has 0 aliphatic carbocycles. The van der Waals surface area contributed by atoms with E-state index in [4.69, 9.17) is 24.4 Å². The molecule has 2 aromatic rings. The Labute approximate surface area is 260 Å². The highest BCUT2D eigenvalue weighted by Gasteiger charge is 2.73. The molecule has 0 radical (unpaired) electrons. The Morgan fingerprint density at radius 2 is 1.62 bits per heavy atom. The lowest BCUT2D eigenvalue weighted by Crippen LogP contribution is -2.59. The number of ether oxygens (including phenoxy) is 2. The summed E-state index contributed by atoms with van der Waals surface area (Å²) in [5.41, 5.74) is 0.942. The SMILES string of the molecule is CC[C@]1(C(=O)OC)[C@H]2C(=O)N(Cc3ccccc3)C(=O)[C@H]2[C@H]2CN=C(SCc3ccc(C(=O)OC)cc3)N21.O=C(O)C(F)(F)F. The molecule has 3 heterocycles. The highest BCUT2D eigenvalue weighted by atomic mass is 32.2. The minimum atomic E-state index is -5.08. The largest absolute Gasteiger partial charge is 0.490 e. The van der Waals surface area contributed by atoms with Crippen LogP contribution in [0.25, 0.3) is 0 Å². The van der Waals surface area contributed by atoms with E-state index in [9.17, 15) is 32.3 Å². The standard InChI is InChI=1S/C28H29N3O6S.C2HF3O2/c1-4-28(26(35)37-3)22-21(23(32)30(24(22)33)15-17-8-6-5-7-9-17)20-14-29-27(31(20)28)38-16-18-10-12-19(13-11-18)25(34)36-2;3-2(4,5)1(6)7/h5-13,20-22H,4,14-16H2,1-3H3;(H,6,7)/t20-,21+,22-,28-;/m1./s1. The number of thioether (sulfide) groups is 1. The van der Waals surface area contributed by atoms with Crippen molar-refractivity contribution in [2.75, 3.05) is 20.8 Å². The van der Waals surface area contributed by atoms with Gasteiger partial charge in [0.2, 0.25) is 11.8 Å². The Kier molecular flexibility index (Phi) is 9.90. The molecule has 5 rings (SSSR count). The van der Waals surface area contributed by atoms with Crippen molar-refractivity contribution in [1.82, 2.24) is 9.80 Å². The lowest BCUT2D eigenvalue weighted by atomic mass is 9.78. The van der Waals surface area contributed by atoms with Crippen LogP contribution in [0, 0.1) is 11.8 Å². The smallest absolute Gasteiger partial charge is 0.475 e. The molecule has 2 amide bonds. The average molecular weight is 650 g/mol. The minimum absolute atomic E-state index is 0.170. The van der Waals surface area contributed by atoms with E-state index >= 15 is 0 Å². The number of nitrogens with zero attached hydrogens (tertiary/aromatic N) is 3. The van der Waals surface area contributed by atoms with Gasteiger partial charge in [-0.05, 0) is 29.7 Å². The van der Waals surface area contributed by atoms with Gasteiger partial charge in [-0.2, -0.15) is 13.2 Å². The highest BCUT2D eigenvalue weighted by Crippen LogP contribution is 2.54. The molecule has 0 saturated carbocycles. The number of carboxylic acid groups (broad SMARTS) is 1. The fourth-order valence-electron chi connectivity index (χ4n) is 5.98. The summed E-state index contributed by atoms with van der Waals surface area (Å²) in [6.45, 7) is 2.34. The number of amidine groups is 1. The van der Waals surface area contributed by atoms with Crippen molar-refractivity contribution < 1.29 is 51.7 Å². The lowest BCUT2D eigenvalue weighted by Gasteiger charge is -2.39. The maximum Gasteiger partial charge on any atom is 0.490 e. The molecule has 0 spiro atoms. The van der Waals surface area contributed by atoms with Gasteiger partial charge in [-0.3, -0.25) is 19.5 Å². The lowest BCUT2D eigenvalue weighted by molar-refractivity contribution is -0.192. The molecule has 240 valence electrons. The van der Waals surface area contributed by atoms with E-state index in [1.54, 1.807) is 12.1 Å². The van der Waals surface area contributed by atoms with E-state index in [2.05, 4.69) is 0 Å². The number of halogens is 3. The fourth-order valence-corrected chi connectivity index (χ4v) is 7.07. The van der Waals surface area contributed by atoms with E-state index in [0.29, 0.717) is 29.4 Å². The summed E-state index contributed by atoms with van der Waals surface area (Å²) in [6.07, 6.45) is -4.79. The van der Waals surface area contributed by atoms with E-state index in [-0.39, 0.29) is 18.4 Å². The number of hydrogen-bond acceptors (Lipinski definition) is 10. The third-order valence-corrected chi connectivity index (χ3v) is 9.06. The van der Waals surface area contributed by atoms with Crippen molar-refractivity contribution in [2.24, 2.45) is 16.8 Å². The second-order valence-corrected chi connectivity index (χ2v) is 11.3. The molecule has 3 aliphatic rings. The van der Waals surface area contributed by atoms with Crippen LogP contribution in [0.3, 0.4) is 0 Å². The minimum Gasteiger partial charge on any atom is -0.475 e. The fraction of sp³-hybridized carbons (Fsp3) is 0.400. The zero-order valence-electron chi connectivity index (χ0n) is 24.4. The summed E-state index contributed by atoms with van der Waals surface area (Å²) in [4.78, 5) is 69.5. The third kappa shape index (κ3) is 6.26. The number of carbonyl (C=O) groups is 5. The Hall–Kier alpha value is -4.40. The van der Waals surface area contributed by atoms with Gasteiger partial charge >= 0.3 is 24.1 Å². The number of amides is 2. The molecular formula is C30H30F3N3O8S. The van der Waals surface area contributed by atoms with Gasteiger partial charge < -0.3 is 19.5 Å². The van der Waals surface area contributed by atoms with Crippen LogP contribution in [0.2, 0.25) is 0 Å². The molecule has 2 saturated heterocycles. The van der Waals surface area contributed by atoms with Crippen molar-refractivity contribution in [3.63, 3.8) is 0 Å². The third-order valence-electron chi connectivity index (χ3n) is 8.00. The van der Waals surface area contributed by atoms with E-state index in [1.807, 2.05) is 54.3 Å². The first-order chi connectivity index (χ1) is 21.3. The van der Waals surface area contributed by atoms with Crippen molar-refractivity contribution >= 4 is 46.7 Å². The van der Waals surface area contributed by atoms with Gasteiger partial charge in [0.15, 0.2) is 10.7 Å². The van der Waals surface area contributed by atoms with Gasteiger partial charge in [0, 0.05) is 5.75 Å². The Morgan fingerprint density at radius 1 is 1.00 bits per heavy atom. The zero-order chi connectivity index (χ0) is 33.1. The predicted molar refractivity (Wildman–Crippen MR) is 155 cm³/mol. The first kappa shape index (κ1) is 33.5. The first-order valence-corrected chi connectivity index (χ1v) is 14.7. The maximum atomic E-state index is 13.8. The molecule has 11 nitrogen and oxygen atoms in total. The Morgan fingerprint density at radius 3 is 2.16 bits per heavy atom. The summed E-state index contributed by atoms with van der Waals surface area (Å²) < 4.78 is 41.8. The molecule has 45 heavy (non-hydrogen) atoms.